The summed E-state index contributed by atoms with van der Waals surface area (Å²) in [5.41, 5.74) is 0. The van der Waals surface area contributed by atoms with Crippen LogP contribution >= 0.6 is 27.3 Å². The van der Waals surface area contributed by atoms with E-state index in [1.165, 1.54) is 4.88 Å². The van der Waals surface area contributed by atoms with E-state index >= 15 is 0 Å². The summed E-state index contributed by atoms with van der Waals surface area (Å²) >= 11 is 4.99. The highest BCUT2D eigenvalue weighted by atomic mass is 79.9. The molecule has 0 fully saturated rings. The molecule has 4 heteroatoms. The van der Waals surface area contributed by atoms with Crippen LogP contribution in [0.5, 0.6) is 0 Å². The Balaban J connectivity index is 2.57. The summed E-state index contributed by atoms with van der Waals surface area (Å²) in [5.74, 6) is 0. The number of hydrogen-bond donors (Lipinski definition) is 0. The van der Waals surface area contributed by atoms with Crippen molar-refractivity contribution < 1.29 is 4.79 Å². The standard InChI is InChI=1S/C7H8BrNOS/c1-9(5-10)3-7-2-6(8)4-11-7/h2,4-5H,3H2,1H3. The third kappa shape index (κ3) is 2.63. The van der Waals surface area contributed by atoms with Crippen LogP contribution in [0.4, 0.5) is 0 Å². The van der Waals surface area contributed by atoms with E-state index in [4.69, 9.17) is 0 Å². The average molecular weight is 234 g/mol. The predicted molar refractivity (Wildman–Crippen MR) is 49.6 cm³/mol. The van der Waals surface area contributed by atoms with Crippen molar-refractivity contribution >= 4 is 33.7 Å². The summed E-state index contributed by atoms with van der Waals surface area (Å²) in [6.07, 6.45) is 0.827. The third-order valence-electron chi connectivity index (χ3n) is 1.21. The Bertz CT molecular complexity index is 248. The van der Waals surface area contributed by atoms with Crippen LogP contribution in [0.25, 0.3) is 0 Å². The van der Waals surface area contributed by atoms with Gasteiger partial charge in [-0.25, -0.2) is 0 Å². The molecule has 1 aromatic rings. The van der Waals surface area contributed by atoms with Crippen LogP contribution in [0.3, 0.4) is 0 Å². The predicted octanol–water partition coefficient (Wildman–Crippen LogP) is 2.10. The van der Waals surface area contributed by atoms with Crippen molar-refractivity contribution in [1.29, 1.82) is 0 Å². The minimum absolute atomic E-state index is 0.694. The second-order valence-corrected chi connectivity index (χ2v) is 4.16. The van der Waals surface area contributed by atoms with Crippen molar-refractivity contribution in [3.8, 4) is 0 Å². The largest absolute Gasteiger partial charge is 0.343 e. The Kier molecular flexibility index (Phi) is 3.08. The van der Waals surface area contributed by atoms with Crippen LogP contribution in [-0.2, 0) is 11.3 Å². The van der Waals surface area contributed by atoms with Gasteiger partial charge < -0.3 is 4.90 Å². The van der Waals surface area contributed by atoms with Crippen LogP contribution in [0, 0.1) is 0 Å². The third-order valence-corrected chi connectivity index (χ3v) is 2.89. The van der Waals surface area contributed by atoms with Crippen molar-refractivity contribution in [3.05, 3.63) is 20.8 Å². The molecule has 0 bridgehead atoms. The SMILES string of the molecule is CN(C=O)Cc1cc(Br)cs1. The van der Waals surface area contributed by atoms with Crippen LogP contribution in [0.15, 0.2) is 15.9 Å². The molecular weight excluding hydrogens is 226 g/mol. The first kappa shape index (κ1) is 8.74. The fourth-order valence-electron chi connectivity index (χ4n) is 0.720. The van der Waals surface area contributed by atoms with Gasteiger partial charge in [0.15, 0.2) is 0 Å². The second-order valence-electron chi connectivity index (χ2n) is 2.25. The number of amides is 1. The molecule has 11 heavy (non-hydrogen) atoms. The minimum atomic E-state index is 0.694. The maximum absolute atomic E-state index is 10.2. The maximum atomic E-state index is 10.2. The Morgan fingerprint density at radius 1 is 1.82 bits per heavy atom. The van der Waals surface area contributed by atoms with Gasteiger partial charge in [-0.2, -0.15) is 0 Å². The van der Waals surface area contributed by atoms with Crippen molar-refractivity contribution in [3.63, 3.8) is 0 Å². The summed E-state index contributed by atoms with van der Waals surface area (Å²) in [4.78, 5) is 13.0. The molecule has 0 aliphatic carbocycles. The molecule has 1 amide bonds. The first-order chi connectivity index (χ1) is 5.22. The lowest BCUT2D eigenvalue weighted by Gasteiger charge is -2.06. The number of halogens is 1. The lowest BCUT2D eigenvalue weighted by atomic mass is 10.4. The van der Waals surface area contributed by atoms with Crippen molar-refractivity contribution in [2.45, 2.75) is 6.54 Å². The fourth-order valence-corrected chi connectivity index (χ4v) is 2.23. The van der Waals surface area contributed by atoms with E-state index in [1.807, 2.05) is 11.4 Å². The highest BCUT2D eigenvalue weighted by Crippen LogP contribution is 2.20. The van der Waals surface area contributed by atoms with Crippen LogP contribution in [-0.4, -0.2) is 18.4 Å². The number of hydrogen-bond acceptors (Lipinski definition) is 2. The van der Waals surface area contributed by atoms with E-state index < -0.39 is 0 Å². The zero-order chi connectivity index (χ0) is 8.27. The zero-order valence-corrected chi connectivity index (χ0v) is 8.48. The smallest absolute Gasteiger partial charge is 0.209 e. The number of carbonyl (C=O) groups is 1. The molecule has 1 rings (SSSR count). The van der Waals surface area contributed by atoms with Gasteiger partial charge in [0.05, 0.1) is 6.54 Å². The molecule has 1 heterocycles. The van der Waals surface area contributed by atoms with Gasteiger partial charge in [-0.3, -0.25) is 4.79 Å². The molecule has 0 aromatic carbocycles. The molecule has 1 aromatic heterocycles. The first-order valence-electron chi connectivity index (χ1n) is 3.11. The molecule has 0 unspecified atom stereocenters. The molecule has 2 nitrogen and oxygen atoms in total. The van der Waals surface area contributed by atoms with Crippen molar-refractivity contribution in [2.75, 3.05) is 7.05 Å². The molecule has 0 saturated carbocycles. The van der Waals surface area contributed by atoms with E-state index in [0.29, 0.717) is 6.54 Å². The summed E-state index contributed by atoms with van der Waals surface area (Å²) in [5, 5.41) is 2.01. The quantitative estimate of drug-likeness (QED) is 0.733. The topological polar surface area (TPSA) is 20.3 Å². The molecule has 0 N–H and O–H groups in total. The maximum Gasteiger partial charge on any atom is 0.209 e. The van der Waals surface area contributed by atoms with Gasteiger partial charge in [0, 0.05) is 21.8 Å². The van der Waals surface area contributed by atoms with Crippen LogP contribution in [0.1, 0.15) is 4.88 Å². The highest BCUT2D eigenvalue weighted by Gasteiger charge is 1.99. The van der Waals surface area contributed by atoms with Gasteiger partial charge in [0.1, 0.15) is 0 Å². The molecule has 0 atom stereocenters. The molecule has 0 saturated heterocycles. The second kappa shape index (κ2) is 3.88. The Morgan fingerprint density at radius 3 is 3.00 bits per heavy atom. The molecule has 60 valence electrons. The van der Waals surface area contributed by atoms with Gasteiger partial charge in [0.2, 0.25) is 6.41 Å². The molecule has 0 aliphatic heterocycles. The lowest BCUT2D eigenvalue weighted by Crippen LogP contribution is -2.13. The summed E-state index contributed by atoms with van der Waals surface area (Å²) < 4.78 is 1.08. The summed E-state index contributed by atoms with van der Waals surface area (Å²) in [6.45, 7) is 0.694. The van der Waals surface area contributed by atoms with E-state index in [-0.39, 0.29) is 0 Å². The normalized spacial score (nSPS) is 9.64. The number of rotatable bonds is 3. The van der Waals surface area contributed by atoms with Crippen LogP contribution in [0.2, 0.25) is 0 Å². The molecule has 0 radical (unpaired) electrons. The Hall–Kier alpha value is -0.350. The van der Waals surface area contributed by atoms with Gasteiger partial charge in [0.25, 0.3) is 0 Å². The lowest BCUT2D eigenvalue weighted by molar-refractivity contribution is -0.117. The van der Waals surface area contributed by atoms with Crippen molar-refractivity contribution in [1.82, 2.24) is 4.90 Å². The molecule has 0 spiro atoms. The van der Waals surface area contributed by atoms with E-state index in [9.17, 15) is 4.79 Å². The average Bonchev–Trinajstić information content (AvgIpc) is 2.35. The Labute approximate surface area is 78.0 Å². The van der Waals surface area contributed by atoms with Gasteiger partial charge >= 0.3 is 0 Å². The summed E-state index contributed by atoms with van der Waals surface area (Å²) in [6, 6.07) is 2.02. The number of carbonyl (C=O) groups excluding carboxylic acids is 1. The number of thiophene rings is 1. The van der Waals surface area contributed by atoms with E-state index in [0.717, 1.165) is 10.9 Å². The Morgan fingerprint density at radius 2 is 2.55 bits per heavy atom. The summed E-state index contributed by atoms with van der Waals surface area (Å²) in [7, 11) is 1.76. The highest BCUT2D eigenvalue weighted by molar-refractivity contribution is 9.10. The van der Waals surface area contributed by atoms with E-state index in [2.05, 4.69) is 15.9 Å². The van der Waals surface area contributed by atoms with Crippen LogP contribution < -0.4 is 0 Å². The molecular formula is C7H8BrNOS. The minimum Gasteiger partial charge on any atom is -0.343 e. The first-order valence-corrected chi connectivity index (χ1v) is 4.78. The fraction of sp³-hybridized carbons (Fsp3) is 0.286. The molecule has 0 aliphatic rings. The van der Waals surface area contributed by atoms with Gasteiger partial charge in [-0.15, -0.1) is 11.3 Å². The van der Waals surface area contributed by atoms with E-state index in [1.54, 1.807) is 23.3 Å². The monoisotopic (exact) mass is 233 g/mol. The van der Waals surface area contributed by atoms with Crippen molar-refractivity contribution in [2.24, 2.45) is 0 Å². The van der Waals surface area contributed by atoms with Gasteiger partial charge in [-0.05, 0) is 22.0 Å². The van der Waals surface area contributed by atoms with Gasteiger partial charge in [-0.1, -0.05) is 0 Å². The zero-order valence-electron chi connectivity index (χ0n) is 6.08. The number of nitrogens with zero attached hydrogens (tertiary/aromatic N) is 1.